The maximum absolute atomic E-state index is 11.7. The number of ether oxygens (including phenoxy) is 1. The Balaban J connectivity index is 1.80. The SMILES string of the molecule is O=C(O)C1c2ccccc2OCCN1CCC1(O)CCC1. The van der Waals surface area contributed by atoms with Gasteiger partial charge in [-0.05, 0) is 31.7 Å². The van der Waals surface area contributed by atoms with Gasteiger partial charge in [-0.2, -0.15) is 0 Å². The summed E-state index contributed by atoms with van der Waals surface area (Å²) in [5, 5.41) is 19.8. The molecule has 21 heavy (non-hydrogen) atoms. The molecule has 1 aliphatic heterocycles. The second-order valence-electron chi connectivity index (χ2n) is 5.99. The molecule has 2 N–H and O–H groups in total. The zero-order valence-electron chi connectivity index (χ0n) is 12.0. The van der Waals surface area contributed by atoms with E-state index >= 15 is 0 Å². The van der Waals surface area contributed by atoms with Crippen molar-refractivity contribution in [1.29, 1.82) is 0 Å². The number of fused-ring (bicyclic) bond motifs is 1. The summed E-state index contributed by atoms with van der Waals surface area (Å²) in [7, 11) is 0. The third kappa shape index (κ3) is 2.89. The van der Waals surface area contributed by atoms with Crippen LogP contribution in [0.3, 0.4) is 0 Å². The van der Waals surface area contributed by atoms with Crippen LogP contribution >= 0.6 is 0 Å². The number of aliphatic carboxylic acids is 1. The predicted octanol–water partition coefficient (Wildman–Crippen LogP) is 1.81. The predicted molar refractivity (Wildman–Crippen MR) is 77.3 cm³/mol. The third-order valence-corrected chi connectivity index (χ3v) is 4.60. The Morgan fingerprint density at radius 3 is 2.81 bits per heavy atom. The highest BCUT2D eigenvalue weighted by Crippen LogP contribution is 2.37. The van der Waals surface area contributed by atoms with Crippen molar-refractivity contribution in [3.8, 4) is 5.75 Å². The number of hydrogen-bond acceptors (Lipinski definition) is 4. The van der Waals surface area contributed by atoms with E-state index < -0.39 is 17.6 Å². The van der Waals surface area contributed by atoms with E-state index in [0.717, 1.165) is 19.3 Å². The van der Waals surface area contributed by atoms with Gasteiger partial charge in [-0.1, -0.05) is 18.2 Å². The summed E-state index contributed by atoms with van der Waals surface area (Å²) in [6.07, 6.45) is 3.33. The zero-order valence-corrected chi connectivity index (χ0v) is 12.0. The molecule has 1 atom stereocenters. The minimum atomic E-state index is -0.867. The van der Waals surface area contributed by atoms with Gasteiger partial charge in [0.05, 0.1) is 5.60 Å². The van der Waals surface area contributed by atoms with Crippen LogP contribution in [-0.4, -0.2) is 46.4 Å². The topological polar surface area (TPSA) is 70.0 Å². The molecule has 0 amide bonds. The minimum absolute atomic E-state index is 0.471. The van der Waals surface area contributed by atoms with Crippen molar-refractivity contribution in [3.05, 3.63) is 29.8 Å². The quantitative estimate of drug-likeness (QED) is 0.885. The first kappa shape index (κ1) is 14.4. The first-order valence-electron chi connectivity index (χ1n) is 7.50. The number of rotatable bonds is 4. The number of carboxylic acids is 1. The Hall–Kier alpha value is -1.59. The first-order chi connectivity index (χ1) is 10.1. The molecule has 1 aliphatic carbocycles. The molecule has 1 fully saturated rings. The monoisotopic (exact) mass is 291 g/mol. The van der Waals surface area contributed by atoms with Crippen LogP contribution in [0.15, 0.2) is 24.3 Å². The van der Waals surface area contributed by atoms with E-state index in [0.29, 0.717) is 37.4 Å². The van der Waals surface area contributed by atoms with Crippen LogP contribution in [0.1, 0.15) is 37.3 Å². The van der Waals surface area contributed by atoms with Gasteiger partial charge in [-0.25, -0.2) is 0 Å². The molecule has 0 spiro atoms. The molecule has 0 saturated heterocycles. The van der Waals surface area contributed by atoms with Gasteiger partial charge in [0.25, 0.3) is 0 Å². The molecule has 1 saturated carbocycles. The van der Waals surface area contributed by atoms with Crippen molar-refractivity contribution >= 4 is 5.97 Å². The summed E-state index contributed by atoms with van der Waals surface area (Å²) >= 11 is 0. The van der Waals surface area contributed by atoms with Crippen molar-refractivity contribution in [1.82, 2.24) is 4.90 Å². The van der Waals surface area contributed by atoms with E-state index in [-0.39, 0.29) is 0 Å². The first-order valence-corrected chi connectivity index (χ1v) is 7.50. The van der Waals surface area contributed by atoms with Crippen molar-refractivity contribution in [2.24, 2.45) is 0 Å². The molecule has 5 nitrogen and oxygen atoms in total. The fourth-order valence-corrected chi connectivity index (χ4v) is 3.15. The Kier molecular flexibility index (Phi) is 3.87. The van der Waals surface area contributed by atoms with Crippen LogP contribution in [0.2, 0.25) is 0 Å². The summed E-state index contributed by atoms with van der Waals surface area (Å²) < 4.78 is 5.66. The molecule has 5 heteroatoms. The molecule has 0 radical (unpaired) electrons. The molecule has 1 unspecified atom stereocenters. The lowest BCUT2D eigenvalue weighted by Gasteiger charge is -2.39. The second-order valence-corrected chi connectivity index (χ2v) is 5.99. The van der Waals surface area contributed by atoms with Gasteiger partial charge >= 0.3 is 5.97 Å². The van der Waals surface area contributed by atoms with Gasteiger partial charge in [0.2, 0.25) is 0 Å². The molecule has 2 aliphatic rings. The van der Waals surface area contributed by atoms with Crippen LogP contribution < -0.4 is 4.74 Å². The van der Waals surface area contributed by atoms with E-state index in [2.05, 4.69) is 0 Å². The van der Waals surface area contributed by atoms with Crippen LogP contribution in [0.25, 0.3) is 0 Å². The Morgan fingerprint density at radius 1 is 1.38 bits per heavy atom. The van der Waals surface area contributed by atoms with Gasteiger partial charge in [-0.3, -0.25) is 9.69 Å². The average molecular weight is 291 g/mol. The Morgan fingerprint density at radius 2 is 2.14 bits per heavy atom. The molecule has 1 heterocycles. The summed E-state index contributed by atoms with van der Waals surface area (Å²) in [5.74, 6) is -0.219. The number of benzene rings is 1. The van der Waals surface area contributed by atoms with Crippen molar-refractivity contribution in [3.63, 3.8) is 0 Å². The van der Waals surface area contributed by atoms with E-state index in [9.17, 15) is 15.0 Å². The van der Waals surface area contributed by atoms with Crippen LogP contribution in [-0.2, 0) is 4.79 Å². The maximum Gasteiger partial charge on any atom is 0.325 e. The standard InChI is InChI=1S/C16H21NO4/c18-15(19)14-12-4-1-2-5-13(12)21-11-10-17(14)9-8-16(20)6-3-7-16/h1-2,4-5,14,20H,3,6-11H2,(H,18,19). The van der Waals surface area contributed by atoms with Crippen molar-refractivity contribution in [2.45, 2.75) is 37.3 Å². The molecule has 3 rings (SSSR count). The number of hydrogen-bond donors (Lipinski definition) is 2. The largest absolute Gasteiger partial charge is 0.492 e. The van der Waals surface area contributed by atoms with Crippen LogP contribution in [0.5, 0.6) is 5.75 Å². The number of nitrogens with zero attached hydrogens (tertiary/aromatic N) is 1. The van der Waals surface area contributed by atoms with Gasteiger partial charge < -0.3 is 14.9 Å². The van der Waals surface area contributed by atoms with Crippen LogP contribution in [0, 0.1) is 0 Å². The lowest BCUT2D eigenvalue weighted by Crippen LogP contribution is -2.43. The summed E-state index contributed by atoms with van der Waals surface area (Å²) in [4.78, 5) is 13.6. The lowest BCUT2D eigenvalue weighted by atomic mass is 9.78. The summed E-state index contributed by atoms with van der Waals surface area (Å²) in [5.41, 5.74) is 0.110. The lowest BCUT2D eigenvalue weighted by molar-refractivity contribution is -0.144. The summed E-state index contributed by atoms with van der Waals surface area (Å²) in [6.45, 7) is 1.60. The fraction of sp³-hybridized carbons (Fsp3) is 0.562. The minimum Gasteiger partial charge on any atom is -0.492 e. The van der Waals surface area contributed by atoms with Crippen LogP contribution in [0.4, 0.5) is 0 Å². The molecule has 114 valence electrons. The highest BCUT2D eigenvalue weighted by Gasteiger charge is 2.37. The summed E-state index contributed by atoms with van der Waals surface area (Å²) in [6, 6.07) is 6.61. The van der Waals surface area contributed by atoms with Crippen molar-refractivity contribution in [2.75, 3.05) is 19.7 Å². The zero-order chi connectivity index (χ0) is 14.9. The molecule has 0 aromatic heterocycles. The van der Waals surface area contributed by atoms with Gasteiger partial charge in [0.1, 0.15) is 18.4 Å². The normalized spacial score (nSPS) is 24.3. The van der Waals surface area contributed by atoms with Gasteiger partial charge in [0.15, 0.2) is 0 Å². The van der Waals surface area contributed by atoms with E-state index in [1.54, 1.807) is 0 Å². The Bertz CT molecular complexity index is 527. The number of para-hydroxylation sites is 1. The van der Waals surface area contributed by atoms with E-state index in [1.165, 1.54) is 0 Å². The third-order valence-electron chi connectivity index (χ3n) is 4.60. The molecular formula is C16H21NO4. The highest BCUT2D eigenvalue weighted by molar-refractivity contribution is 5.76. The highest BCUT2D eigenvalue weighted by atomic mass is 16.5. The molecular weight excluding hydrogens is 270 g/mol. The molecule has 1 aromatic rings. The second kappa shape index (κ2) is 5.66. The van der Waals surface area contributed by atoms with Crippen molar-refractivity contribution < 1.29 is 19.7 Å². The smallest absolute Gasteiger partial charge is 0.325 e. The number of carboxylic acid groups (broad SMARTS) is 1. The molecule has 1 aromatic carbocycles. The maximum atomic E-state index is 11.7. The van der Waals surface area contributed by atoms with E-state index in [1.807, 2.05) is 29.2 Å². The fourth-order valence-electron chi connectivity index (χ4n) is 3.15. The van der Waals surface area contributed by atoms with Gasteiger partial charge in [0, 0.05) is 18.7 Å². The Labute approximate surface area is 124 Å². The number of carbonyl (C=O) groups is 1. The average Bonchev–Trinajstić information content (AvgIpc) is 2.62. The van der Waals surface area contributed by atoms with E-state index in [4.69, 9.17) is 4.74 Å². The molecule has 0 bridgehead atoms. The van der Waals surface area contributed by atoms with Gasteiger partial charge in [-0.15, -0.1) is 0 Å². The number of aliphatic hydroxyl groups is 1.